The quantitative estimate of drug-likeness (QED) is 0.596. The maximum Gasteiger partial charge on any atom is 0.0949 e. The molecule has 0 N–H and O–H groups in total. The van der Waals surface area contributed by atoms with E-state index in [9.17, 15) is 0 Å². The van der Waals surface area contributed by atoms with E-state index in [4.69, 9.17) is 5.26 Å². The smallest absolute Gasteiger partial charge is 0.0949 e. The Morgan fingerprint density at radius 1 is 1.50 bits per heavy atom. The van der Waals surface area contributed by atoms with Crippen LogP contribution in [0.15, 0.2) is 0 Å². The Balaban J connectivity index is 2.47. The number of hydrogen-bond donors (Lipinski definition) is 0. The van der Waals surface area contributed by atoms with Gasteiger partial charge in [-0.15, -0.1) is 0 Å². The van der Waals surface area contributed by atoms with E-state index in [0.717, 1.165) is 19.0 Å². The molecule has 1 saturated heterocycles. The molecule has 2 unspecified atom stereocenters. The van der Waals surface area contributed by atoms with Crippen molar-refractivity contribution in [3.8, 4) is 6.07 Å². The van der Waals surface area contributed by atoms with Gasteiger partial charge in [-0.05, 0) is 32.2 Å². The van der Waals surface area contributed by atoms with Crippen molar-refractivity contribution in [2.24, 2.45) is 5.92 Å². The third-order valence-electron chi connectivity index (χ3n) is 2.67. The van der Waals surface area contributed by atoms with Gasteiger partial charge in [0.2, 0.25) is 0 Å². The Labute approximate surface area is 75.2 Å². The molecule has 68 valence electrons. The van der Waals surface area contributed by atoms with Gasteiger partial charge in [0.15, 0.2) is 0 Å². The van der Waals surface area contributed by atoms with Crippen LogP contribution in [0.5, 0.6) is 0 Å². The highest BCUT2D eigenvalue weighted by Crippen LogP contribution is 2.16. The highest BCUT2D eigenvalue weighted by Gasteiger charge is 2.18. The first kappa shape index (κ1) is 9.54. The molecule has 0 aromatic rings. The van der Waals surface area contributed by atoms with E-state index in [1.54, 1.807) is 0 Å². The molecule has 1 heterocycles. The maximum absolute atomic E-state index is 8.77. The summed E-state index contributed by atoms with van der Waals surface area (Å²) >= 11 is 0. The molecule has 0 aromatic carbocycles. The van der Waals surface area contributed by atoms with Gasteiger partial charge in [0.1, 0.15) is 0 Å². The van der Waals surface area contributed by atoms with Crippen molar-refractivity contribution < 1.29 is 0 Å². The second-order valence-electron chi connectivity index (χ2n) is 3.90. The van der Waals surface area contributed by atoms with Gasteiger partial charge in [-0.1, -0.05) is 13.3 Å². The van der Waals surface area contributed by atoms with Crippen LogP contribution in [-0.2, 0) is 0 Å². The van der Waals surface area contributed by atoms with Gasteiger partial charge in [-0.3, -0.25) is 4.90 Å². The number of nitrogens with zero attached hydrogens (tertiary/aromatic N) is 2. The van der Waals surface area contributed by atoms with Crippen LogP contribution in [0.25, 0.3) is 0 Å². The van der Waals surface area contributed by atoms with E-state index < -0.39 is 0 Å². The van der Waals surface area contributed by atoms with Gasteiger partial charge >= 0.3 is 0 Å². The molecule has 0 aliphatic carbocycles. The third kappa shape index (κ3) is 2.49. The predicted molar refractivity (Wildman–Crippen MR) is 49.7 cm³/mol. The molecule has 1 aliphatic rings. The zero-order chi connectivity index (χ0) is 8.97. The van der Waals surface area contributed by atoms with E-state index >= 15 is 0 Å². The van der Waals surface area contributed by atoms with Gasteiger partial charge in [0.25, 0.3) is 0 Å². The summed E-state index contributed by atoms with van der Waals surface area (Å²) in [4.78, 5) is 2.30. The van der Waals surface area contributed by atoms with E-state index in [2.05, 4.69) is 17.9 Å². The van der Waals surface area contributed by atoms with Crippen LogP contribution < -0.4 is 0 Å². The van der Waals surface area contributed by atoms with Crippen LogP contribution in [0.1, 0.15) is 33.1 Å². The largest absolute Gasteiger partial charge is 0.288 e. The Bertz CT molecular complexity index is 171. The van der Waals surface area contributed by atoms with Crippen molar-refractivity contribution in [1.29, 1.82) is 5.26 Å². The lowest BCUT2D eigenvalue weighted by molar-refractivity contribution is 0.230. The van der Waals surface area contributed by atoms with Crippen molar-refractivity contribution in [2.45, 2.75) is 39.2 Å². The van der Waals surface area contributed by atoms with E-state index in [1.807, 2.05) is 6.92 Å². The number of hydrogen-bond acceptors (Lipinski definition) is 2. The van der Waals surface area contributed by atoms with Gasteiger partial charge in [0, 0.05) is 6.54 Å². The Kier molecular flexibility index (Phi) is 3.55. The van der Waals surface area contributed by atoms with Gasteiger partial charge in [-0.2, -0.15) is 5.26 Å². The van der Waals surface area contributed by atoms with Crippen LogP contribution in [0.3, 0.4) is 0 Å². The van der Waals surface area contributed by atoms with Gasteiger partial charge in [0.05, 0.1) is 12.1 Å². The zero-order valence-electron chi connectivity index (χ0n) is 8.08. The molecule has 0 amide bonds. The summed E-state index contributed by atoms with van der Waals surface area (Å²) in [6, 6.07) is 2.41. The first-order valence-electron chi connectivity index (χ1n) is 4.87. The molecule has 0 saturated carbocycles. The lowest BCUT2D eigenvalue weighted by Crippen LogP contribution is -2.34. The molecule has 1 fully saturated rings. The van der Waals surface area contributed by atoms with Gasteiger partial charge < -0.3 is 0 Å². The molecule has 2 atom stereocenters. The molecule has 1 rings (SSSR count). The first-order chi connectivity index (χ1) is 5.74. The third-order valence-corrected chi connectivity index (χ3v) is 2.67. The normalized spacial score (nSPS) is 28.9. The summed E-state index contributed by atoms with van der Waals surface area (Å²) in [6.45, 7) is 6.49. The summed E-state index contributed by atoms with van der Waals surface area (Å²) in [5.74, 6) is 0.767. The highest BCUT2D eigenvalue weighted by molar-refractivity contribution is 4.89. The van der Waals surface area contributed by atoms with Crippen LogP contribution in [0.2, 0.25) is 0 Å². The monoisotopic (exact) mass is 166 g/mol. The summed E-state index contributed by atoms with van der Waals surface area (Å²) in [5, 5.41) is 8.77. The lowest BCUT2D eigenvalue weighted by Gasteiger charge is -2.24. The highest BCUT2D eigenvalue weighted by atomic mass is 15.1. The molecule has 2 nitrogen and oxygen atoms in total. The Morgan fingerprint density at radius 2 is 2.25 bits per heavy atom. The fourth-order valence-electron chi connectivity index (χ4n) is 1.82. The van der Waals surface area contributed by atoms with Crippen LogP contribution in [0, 0.1) is 17.2 Å². The Hall–Kier alpha value is -0.550. The minimum atomic E-state index is 0.102. The fourth-order valence-corrected chi connectivity index (χ4v) is 1.82. The van der Waals surface area contributed by atoms with Gasteiger partial charge in [-0.25, -0.2) is 0 Å². The SMILES string of the molecule is CC1CCCCN(C(C)C#N)C1. The number of rotatable bonds is 1. The standard InChI is InChI=1S/C10H18N2/c1-9-5-3-4-6-12(8-9)10(2)7-11/h9-10H,3-6,8H2,1-2H3. The number of likely N-dealkylation sites (tertiary alicyclic amines) is 1. The minimum absolute atomic E-state index is 0.102. The van der Waals surface area contributed by atoms with Crippen LogP contribution >= 0.6 is 0 Å². The van der Waals surface area contributed by atoms with E-state index in [1.165, 1.54) is 19.3 Å². The molecule has 12 heavy (non-hydrogen) atoms. The zero-order valence-corrected chi connectivity index (χ0v) is 8.08. The average Bonchev–Trinajstić information content (AvgIpc) is 2.28. The molecule has 0 radical (unpaired) electrons. The predicted octanol–water partition coefficient (Wildman–Crippen LogP) is 2.02. The molecule has 2 heteroatoms. The minimum Gasteiger partial charge on any atom is -0.288 e. The van der Waals surface area contributed by atoms with Crippen molar-refractivity contribution >= 4 is 0 Å². The second-order valence-corrected chi connectivity index (χ2v) is 3.90. The van der Waals surface area contributed by atoms with Crippen molar-refractivity contribution in [1.82, 2.24) is 4.90 Å². The fraction of sp³-hybridized carbons (Fsp3) is 0.900. The molecule has 0 spiro atoms. The molecular weight excluding hydrogens is 148 g/mol. The molecule has 0 aromatic heterocycles. The van der Waals surface area contributed by atoms with Crippen LogP contribution in [-0.4, -0.2) is 24.0 Å². The summed E-state index contributed by atoms with van der Waals surface area (Å²) in [7, 11) is 0. The Morgan fingerprint density at radius 3 is 2.92 bits per heavy atom. The summed E-state index contributed by atoms with van der Waals surface area (Å²) in [5.41, 5.74) is 0. The van der Waals surface area contributed by atoms with Crippen molar-refractivity contribution in [2.75, 3.05) is 13.1 Å². The molecular formula is C10H18N2. The van der Waals surface area contributed by atoms with Crippen molar-refractivity contribution in [3.05, 3.63) is 0 Å². The lowest BCUT2D eigenvalue weighted by atomic mass is 10.1. The molecule has 0 bridgehead atoms. The average molecular weight is 166 g/mol. The number of nitriles is 1. The summed E-state index contributed by atoms with van der Waals surface area (Å²) < 4.78 is 0. The van der Waals surface area contributed by atoms with E-state index in [0.29, 0.717) is 0 Å². The van der Waals surface area contributed by atoms with Crippen molar-refractivity contribution in [3.63, 3.8) is 0 Å². The summed E-state index contributed by atoms with van der Waals surface area (Å²) in [6.07, 6.45) is 3.92. The van der Waals surface area contributed by atoms with E-state index in [-0.39, 0.29) is 6.04 Å². The second kappa shape index (κ2) is 4.47. The van der Waals surface area contributed by atoms with Crippen LogP contribution in [0.4, 0.5) is 0 Å². The topological polar surface area (TPSA) is 27.0 Å². The maximum atomic E-state index is 8.77. The first-order valence-corrected chi connectivity index (χ1v) is 4.87. The molecule has 1 aliphatic heterocycles.